The second-order valence-electron chi connectivity index (χ2n) is 6.59. The first-order chi connectivity index (χ1) is 14.6. The third-order valence-electron chi connectivity index (χ3n) is 4.67. The van der Waals surface area contributed by atoms with E-state index in [1.54, 1.807) is 42.8 Å². The van der Waals surface area contributed by atoms with Crippen LogP contribution in [-0.2, 0) is 24.0 Å². The Balaban J connectivity index is 1.95. The fourth-order valence-electron chi connectivity index (χ4n) is 3.12. The molecule has 1 atom stereocenters. The Bertz CT molecular complexity index is 1310. The highest BCUT2D eigenvalue weighted by atomic mass is 35.5. The molecule has 4 aromatic rings. The quantitative estimate of drug-likeness (QED) is 0.307. The van der Waals surface area contributed by atoms with Crippen LogP contribution >= 0.6 is 34.5 Å². The monoisotopic (exact) mass is 503 g/mol. The third kappa shape index (κ3) is 4.00. The SMILES string of the molecule is CCS(=O)c1c(-c2nc3cc(C(F)(F)F)ncc3n2C)sc(-c2ccc(Cl)cc2)c1Cl. The van der Waals surface area contributed by atoms with Gasteiger partial charge in [0, 0.05) is 17.8 Å². The Morgan fingerprint density at radius 1 is 1.16 bits per heavy atom. The minimum atomic E-state index is -4.57. The van der Waals surface area contributed by atoms with Gasteiger partial charge in [0.05, 0.1) is 47.7 Å². The Kier molecular flexibility index (Phi) is 5.89. The summed E-state index contributed by atoms with van der Waals surface area (Å²) in [5.41, 5.74) is 0.340. The molecule has 162 valence electrons. The van der Waals surface area contributed by atoms with E-state index in [-0.39, 0.29) is 5.52 Å². The van der Waals surface area contributed by atoms with Gasteiger partial charge in [0.15, 0.2) is 5.82 Å². The second kappa shape index (κ2) is 8.20. The maximum absolute atomic E-state index is 13.1. The number of rotatable bonds is 4. The zero-order valence-corrected chi connectivity index (χ0v) is 19.3. The highest BCUT2D eigenvalue weighted by molar-refractivity contribution is 7.85. The van der Waals surface area contributed by atoms with E-state index in [9.17, 15) is 17.4 Å². The average Bonchev–Trinajstić information content (AvgIpc) is 3.24. The van der Waals surface area contributed by atoms with Crippen LogP contribution in [0.3, 0.4) is 0 Å². The van der Waals surface area contributed by atoms with Crippen LogP contribution in [0.25, 0.3) is 32.2 Å². The van der Waals surface area contributed by atoms with Crippen molar-refractivity contribution in [3.8, 4) is 21.1 Å². The first-order valence-corrected chi connectivity index (χ1v) is 11.9. The van der Waals surface area contributed by atoms with E-state index in [1.165, 1.54) is 11.3 Å². The van der Waals surface area contributed by atoms with Gasteiger partial charge in [0.25, 0.3) is 0 Å². The summed E-state index contributed by atoms with van der Waals surface area (Å²) in [5, 5.41) is 0.904. The molecule has 1 unspecified atom stereocenters. The molecule has 0 fully saturated rings. The number of aryl methyl sites for hydroxylation is 1. The lowest BCUT2D eigenvalue weighted by Crippen LogP contribution is -2.07. The van der Waals surface area contributed by atoms with Crippen molar-refractivity contribution in [2.45, 2.75) is 18.0 Å². The van der Waals surface area contributed by atoms with Crippen LogP contribution in [-0.4, -0.2) is 24.5 Å². The number of hydrogen-bond acceptors (Lipinski definition) is 4. The van der Waals surface area contributed by atoms with Crippen molar-refractivity contribution in [1.82, 2.24) is 14.5 Å². The summed E-state index contributed by atoms with van der Waals surface area (Å²) in [4.78, 5) is 9.58. The van der Waals surface area contributed by atoms with Crippen molar-refractivity contribution >= 4 is 56.4 Å². The van der Waals surface area contributed by atoms with Crippen molar-refractivity contribution < 1.29 is 17.4 Å². The van der Waals surface area contributed by atoms with Gasteiger partial charge in [-0.25, -0.2) is 9.97 Å². The van der Waals surface area contributed by atoms with Crippen LogP contribution in [0.15, 0.2) is 41.4 Å². The Morgan fingerprint density at radius 2 is 1.84 bits per heavy atom. The maximum Gasteiger partial charge on any atom is 0.433 e. The van der Waals surface area contributed by atoms with Crippen molar-refractivity contribution in [3.63, 3.8) is 0 Å². The molecule has 0 aliphatic carbocycles. The van der Waals surface area contributed by atoms with E-state index in [0.29, 0.717) is 41.8 Å². The molecule has 0 spiro atoms. The first-order valence-electron chi connectivity index (χ1n) is 8.98. The molecule has 0 saturated heterocycles. The zero-order valence-electron chi connectivity index (χ0n) is 16.1. The molecule has 0 aliphatic heterocycles. The molecule has 1 aromatic carbocycles. The summed E-state index contributed by atoms with van der Waals surface area (Å²) >= 11 is 13.9. The van der Waals surface area contributed by atoms with Gasteiger partial charge in [-0.05, 0) is 23.8 Å². The van der Waals surface area contributed by atoms with E-state index in [0.717, 1.165) is 17.8 Å². The number of thiophene rings is 1. The lowest BCUT2D eigenvalue weighted by atomic mass is 10.2. The molecule has 11 heteroatoms. The summed E-state index contributed by atoms with van der Waals surface area (Å²) in [6.07, 6.45) is -3.44. The third-order valence-corrected chi connectivity index (χ3v) is 8.27. The minimum Gasteiger partial charge on any atom is -0.325 e. The van der Waals surface area contributed by atoms with Crippen LogP contribution in [0, 0.1) is 0 Å². The molecule has 4 nitrogen and oxygen atoms in total. The average molecular weight is 504 g/mol. The number of hydrogen-bond donors (Lipinski definition) is 0. The molecule has 0 radical (unpaired) electrons. The highest BCUT2D eigenvalue weighted by Crippen LogP contribution is 2.47. The largest absolute Gasteiger partial charge is 0.433 e. The number of alkyl halides is 3. The lowest BCUT2D eigenvalue weighted by Gasteiger charge is -2.05. The fraction of sp³-hybridized carbons (Fsp3) is 0.200. The molecule has 0 bridgehead atoms. The van der Waals surface area contributed by atoms with Crippen molar-refractivity contribution in [1.29, 1.82) is 0 Å². The minimum absolute atomic E-state index is 0.144. The van der Waals surface area contributed by atoms with Crippen LogP contribution in [0.2, 0.25) is 10.0 Å². The van der Waals surface area contributed by atoms with Crippen LogP contribution < -0.4 is 0 Å². The smallest absolute Gasteiger partial charge is 0.325 e. The van der Waals surface area contributed by atoms with Crippen LogP contribution in [0.1, 0.15) is 12.6 Å². The predicted molar refractivity (Wildman–Crippen MR) is 119 cm³/mol. The van der Waals surface area contributed by atoms with Crippen molar-refractivity contribution in [2.24, 2.45) is 7.05 Å². The Hall–Kier alpha value is -1.94. The summed E-state index contributed by atoms with van der Waals surface area (Å²) in [6, 6.07) is 7.96. The molecule has 3 aromatic heterocycles. The molecule has 4 rings (SSSR count). The van der Waals surface area contributed by atoms with Gasteiger partial charge >= 0.3 is 6.18 Å². The van der Waals surface area contributed by atoms with Crippen molar-refractivity contribution in [2.75, 3.05) is 5.75 Å². The van der Waals surface area contributed by atoms with Crippen molar-refractivity contribution in [3.05, 3.63) is 52.3 Å². The number of benzene rings is 1. The van der Waals surface area contributed by atoms with Gasteiger partial charge in [-0.2, -0.15) is 13.2 Å². The summed E-state index contributed by atoms with van der Waals surface area (Å²) in [7, 11) is 0.258. The molecule has 0 amide bonds. The maximum atomic E-state index is 13.1. The zero-order chi connectivity index (χ0) is 22.5. The molecule has 0 N–H and O–H groups in total. The van der Waals surface area contributed by atoms with E-state index in [4.69, 9.17) is 23.2 Å². The number of imidazole rings is 1. The summed E-state index contributed by atoms with van der Waals surface area (Å²) in [6.45, 7) is 1.77. The van der Waals surface area contributed by atoms with E-state index in [2.05, 4.69) is 9.97 Å². The van der Waals surface area contributed by atoms with Gasteiger partial charge in [0.2, 0.25) is 0 Å². The van der Waals surface area contributed by atoms with Gasteiger partial charge < -0.3 is 4.57 Å². The van der Waals surface area contributed by atoms with Gasteiger partial charge in [-0.15, -0.1) is 11.3 Å². The molecular formula is C20H14Cl2F3N3OS2. The molecular weight excluding hydrogens is 490 g/mol. The number of fused-ring (bicyclic) bond motifs is 1. The summed E-state index contributed by atoms with van der Waals surface area (Å²) < 4.78 is 53.7. The number of aromatic nitrogens is 3. The van der Waals surface area contributed by atoms with Crippen LogP contribution in [0.4, 0.5) is 13.2 Å². The summed E-state index contributed by atoms with van der Waals surface area (Å²) in [5.74, 6) is 0.702. The second-order valence-corrected chi connectivity index (χ2v) is 10.1. The number of nitrogens with zero attached hydrogens (tertiary/aromatic N) is 3. The number of halogens is 5. The molecule has 31 heavy (non-hydrogen) atoms. The first kappa shape index (κ1) is 22.3. The number of pyridine rings is 1. The normalized spacial score (nSPS) is 13.1. The topological polar surface area (TPSA) is 47.8 Å². The Labute approximate surface area is 192 Å². The van der Waals surface area contributed by atoms with Gasteiger partial charge in [0.1, 0.15) is 5.69 Å². The van der Waals surface area contributed by atoms with E-state index < -0.39 is 22.7 Å². The van der Waals surface area contributed by atoms with E-state index >= 15 is 0 Å². The standard InChI is InChI=1S/C20H14Cl2F3N3OS2/c1-3-31(29)18-15(22)16(10-4-6-11(21)7-5-10)30-17(18)19-27-12-8-14(20(23,24)25)26-9-13(12)28(19)2/h4-9H,3H2,1-2H3. The molecule has 0 aliphatic rings. The van der Waals surface area contributed by atoms with E-state index in [1.807, 2.05) is 0 Å². The fourth-order valence-corrected chi connectivity index (χ4v) is 6.36. The molecule has 3 heterocycles. The van der Waals surface area contributed by atoms with Gasteiger partial charge in [-0.3, -0.25) is 4.21 Å². The van der Waals surface area contributed by atoms with Gasteiger partial charge in [-0.1, -0.05) is 42.3 Å². The Morgan fingerprint density at radius 3 is 2.45 bits per heavy atom. The van der Waals surface area contributed by atoms with Crippen LogP contribution in [0.5, 0.6) is 0 Å². The predicted octanol–water partition coefficient (Wildman–Crippen LogP) is 6.82. The molecule has 0 saturated carbocycles. The highest BCUT2D eigenvalue weighted by Gasteiger charge is 2.33. The lowest BCUT2D eigenvalue weighted by molar-refractivity contribution is -0.141.